The van der Waals surface area contributed by atoms with Crippen molar-refractivity contribution in [3.8, 4) is 5.75 Å². The molecule has 150 valence electrons. The topological polar surface area (TPSA) is 48.9 Å². The van der Waals surface area contributed by atoms with Crippen LogP contribution in [0.15, 0.2) is 29.3 Å². The van der Waals surface area contributed by atoms with Crippen molar-refractivity contribution in [3.63, 3.8) is 0 Å². The number of halogens is 1. The van der Waals surface area contributed by atoms with E-state index in [4.69, 9.17) is 4.74 Å². The molecule has 1 saturated carbocycles. The van der Waals surface area contributed by atoms with Gasteiger partial charge in [0, 0.05) is 31.6 Å². The Kier molecular flexibility index (Phi) is 6.89. The van der Waals surface area contributed by atoms with Gasteiger partial charge < -0.3 is 20.3 Å². The predicted molar refractivity (Wildman–Crippen MR) is 121 cm³/mol. The lowest BCUT2D eigenvalue weighted by Crippen LogP contribution is -2.48. The van der Waals surface area contributed by atoms with E-state index in [1.165, 1.54) is 50.6 Å². The first-order valence-corrected chi connectivity index (χ1v) is 10.1. The van der Waals surface area contributed by atoms with Crippen LogP contribution in [-0.2, 0) is 0 Å². The van der Waals surface area contributed by atoms with Crippen molar-refractivity contribution in [1.29, 1.82) is 0 Å². The lowest BCUT2D eigenvalue weighted by atomic mass is 9.86. The molecule has 4 rings (SSSR count). The molecule has 2 unspecified atom stereocenters. The molecule has 1 spiro atoms. The number of fused-ring (bicyclic) bond motifs is 1. The Morgan fingerprint density at radius 2 is 2.04 bits per heavy atom. The second-order valence-corrected chi connectivity index (χ2v) is 8.16. The van der Waals surface area contributed by atoms with E-state index in [1.807, 2.05) is 7.05 Å². The maximum Gasteiger partial charge on any atom is 0.191 e. The molecule has 1 aliphatic carbocycles. The minimum Gasteiger partial charge on any atom is -0.487 e. The van der Waals surface area contributed by atoms with Crippen LogP contribution < -0.4 is 15.4 Å². The standard InChI is InChI=1S/C21H32N4O.HI/c1-22-20(23-15-16-8-7-13-25(16)2)24-18-14-21(11-5-6-12-21)26-19-10-4-3-9-17(18)19;/h3-4,9-10,16,18H,5-8,11-15H2,1-2H3,(H2,22,23,24);1H. The van der Waals surface area contributed by atoms with E-state index < -0.39 is 0 Å². The SMILES string of the molecule is CN=C(NCC1CCCN1C)NC1CC2(CCCC2)Oc2ccccc21.I. The number of ether oxygens (including phenoxy) is 1. The Balaban J connectivity index is 0.00000210. The molecule has 2 aliphatic heterocycles. The number of likely N-dealkylation sites (N-methyl/N-ethyl adjacent to an activating group) is 1. The summed E-state index contributed by atoms with van der Waals surface area (Å²) in [6.45, 7) is 2.15. The van der Waals surface area contributed by atoms with Gasteiger partial charge in [-0.2, -0.15) is 0 Å². The summed E-state index contributed by atoms with van der Waals surface area (Å²) in [5, 5.41) is 7.25. The Morgan fingerprint density at radius 3 is 2.74 bits per heavy atom. The van der Waals surface area contributed by atoms with Crippen LogP contribution in [0.5, 0.6) is 5.75 Å². The lowest BCUT2D eigenvalue weighted by molar-refractivity contribution is 0.0396. The number of nitrogens with one attached hydrogen (secondary N) is 2. The molecule has 3 aliphatic rings. The zero-order chi connectivity index (χ0) is 18.0. The molecule has 1 saturated heterocycles. The third-order valence-corrected chi connectivity index (χ3v) is 6.42. The minimum atomic E-state index is 0. The van der Waals surface area contributed by atoms with E-state index in [9.17, 15) is 0 Å². The number of aliphatic imine (C=N–C) groups is 1. The molecule has 2 heterocycles. The fraction of sp³-hybridized carbons (Fsp3) is 0.667. The first-order chi connectivity index (χ1) is 12.7. The fourth-order valence-corrected chi connectivity index (χ4v) is 4.88. The summed E-state index contributed by atoms with van der Waals surface area (Å²) in [6, 6.07) is 9.35. The molecule has 27 heavy (non-hydrogen) atoms. The van der Waals surface area contributed by atoms with Crippen LogP contribution in [0.4, 0.5) is 0 Å². The van der Waals surface area contributed by atoms with Crippen LogP contribution in [-0.4, -0.2) is 49.7 Å². The van der Waals surface area contributed by atoms with Gasteiger partial charge in [-0.25, -0.2) is 0 Å². The maximum absolute atomic E-state index is 6.47. The highest BCUT2D eigenvalue weighted by Crippen LogP contribution is 2.46. The number of nitrogens with zero attached hydrogens (tertiary/aromatic N) is 2. The number of likely N-dealkylation sites (tertiary alicyclic amines) is 1. The quantitative estimate of drug-likeness (QED) is 0.391. The van der Waals surface area contributed by atoms with Crippen LogP contribution in [0.2, 0.25) is 0 Å². The summed E-state index contributed by atoms with van der Waals surface area (Å²) < 4.78 is 6.47. The van der Waals surface area contributed by atoms with Crippen molar-refractivity contribution in [2.45, 2.75) is 62.6 Å². The summed E-state index contributed by atoms with van der Waals surface area (Å²) in [5.74, 6) is 1.95. The third-order valence-electron chi connectivity index (χ3n) is 6.42. The molecule has 2 fully saturated rings. The highest BCUT2D eigenvalue weighted by Gasteiger charge is 2.43. The Labute approximate surface area is 180 Å². The van der Waals surface area contributed by atoms with Crippen molar-refractivity contribution in [1.82, 2.24) is 15.5 Å². The zero-order valence-electron chi connectivity index (χ0n) is 16.5. The average molecular weight is 484 g/mol. The minimum absolute atomic E-state index is 0. The smallest absolute Gasteiger partial charge is 0.191 e. The largest absolute Gasteiger partial charge is 0.487 e. The van der Waals surface area contributed by atoms with E-state index in [1.54, 1.807) is 0 Å². The molecule has 1 aromatic carbocycles. The van der Waals surface area contributed by atoms with Crippen molar-refractivity contribution >= 4 is 29.9 Å². The van der Waals surface area contributed by atoms with Gasteiger partial charge in [-0.15, -0.1) is 24.0 Å². The van der Waals surface area contributed by atoms with E-state index in [2.05, 4.69) is 51.8 Å². The van der Waals surface area contributed by atoms with Crippen LogP contribution in [0.1, 0.15) is 56.6 Å². The number of hydrogen-bond acceptors (Lipinski definition) is 3. The fourth-order valence-electron chi connectivity index (χ4n) is 4.88. The molecule has 0 bridgehead atoms. The Hall–Kier alpha value is -1.02. The van der Waals surface area contributed by atoms with Gasteiger partial charge in [0.05, 0.1) is 6.04 Å². The van der Waals surface area contributed by atoms with E-state index >= 15 is 0 Å². The van der Waals surface area contributed by atoms with Gasteiger partial charge in [0.2, 0.25) is 0 Å². The summed E-state index contributed by atoms with van der Waals surface area (Å²) in [4.78, 5) is 6.93. The number of rotatable bonds is 3. The van der Waals surface area contributed by atoms with Crippen LogP contribution in [0, 0.1) is 0 Å². The zero-order valence-corrected chi connectivity index (χ0v) is 18.9. The van der Waals surface area contributed by atoms with Crippen molar-refractivity contribution in [3.05, 3.63) is 29.8 Å². The monoisotopic (exact) mass is 484 g/mol. The van der Waals surface area contributed by atoms with Crippen LogP contribution in [0.25, 0.3) is 0 Å². The van der Waals surface area contributed by atoms with Crippen LogP contribution in [0.3, 0.4) is 0 Å². The van der Waals surface area contributed by atoms with Crippen molar-refractivity contribution in [2.75, 3.05) is 27.2 Å². The second kappa shape index (κ2) is 8.99. The Bertz CT molecular complexity index is 659. The third kappa shape index (κ3) is 4.53. The molecule has 5 nitrogen and oxygen atoms in total. The summed E-state index contributed by atoms with van der Waals surface area (Å²) in [5.41, 5.74) is 1.27. The average Bonchev–Trinajstić information content (AvgIpc) is 3.27. The number of benzene rings is 1. The molecular weight excluding hydrogens is 451 g/mol. The molecule has 2 atom stereocenters. The molecule has 2 N–H and O–H groups in total. The Morgan fingerprint density at radius 1 is 1.26 bits per heavy atom. The van der Waals surface area contributed by atoms with Gasteiger partial charge in [0.15, 0.2) is 5.96 Å². The van der Waals surface area contributed by atoms with E-state index in [0.717, 1.165) is 24.7 Å². The molecule has 0 radical (unpaired) electrons. The molecule has 1 aromatic rings. The number of para-hydroxylation sites is 1. The summed E-state index contributed by atoms with van der Waals surface area (Å²) in [6.07, 6.45) is 8.46. The second-order valence-electron chi connectivity index (χ2n) is 8.16. The first kappa shape index (κ1) is 20.7. The number of hydrogen-bond donors (Lipinski definition) is 2. The van der Waals surface area contributed by atoms with Crippen molar-refractivity contribution in [2.24, 2.45) is 4.99 Å². The highest BCUT2D eigenvalue weighted by molar-refractivity contribution is 14.0. The van der Waals surface area contributed by atoms with E-state index in [-0.39, 0.29) is 35.6 Å². The maximum atomic E-state index is 6.47. The van der Waals surface area contributed by atoms with Gasteiger partial charge in [-0.05, 0) is 58.2 Å². The molecule has 0 amide bonds. The van der Waals surface area contributed by atoms with Gasteiger partial charge >= 0.3 is 0 Å². The van der Waals surface area contributed by atoms with Gasteiger partial charge in [-0.3, -0.25) is 4.99 Å². The van der Waals surface area contributed by atoms with Gasteiger partial charge in [0.25, 0.3) is 0 Å². The highest BCUT2D eigenvalue weighted by atomic mass is 127. The predicted octanol–water partition coefficient (Wildman–Crippen LogP) is 3.70. The molecule has 0 aromatic heterocycles. The van der Waals surface area contributed by atoms with Crippen molar-refractivity contribution < 1.29 is 4.74 Å². The first-order valence-electron chi connectivity index (χ1n) is 10.1. The van der Waals surface area contributed by atoms with Gasteiger partial charge in [-0.1, -0.05) is 18.2 Å². The summed E-state index contributed by atoms with van der Waals surface area (Å²) >= 11 is 0. The van der Waals surface area contributed by atoms with E-state index in [0.29, 0.717) is 6.04 Å². The summed E-state index contributed by atoms with van der Waals surface area (Å²) in [7, 11) is 4.08. The van der Waals surface area contributed by atoms with Crippen LogP contribution >= 0.6 is 24.0 Å². The normalized spacial score (nSPS) is 27.0. The lowest BCUT2D eigenvalue weighted by Gasteiger charge is -2.40. The van der Waals surface area contributed by atoms with Gasteiger partial charge in [0.1, 0.15) is 11.4 Å². The molecular formula is C21H33IN4O. The number of guanidine groups is 1. The molecule has 6 heteroatoms.